The van der Waals surface area contributed by atoms with Gasteiger partial charge in [0.15, 0.2) is 0 Å². The molecule has 0 saturated carbocycles. The van der Waals surface area contributed by atoms with E-state index in [1.165, 1.54) is 12.8 Å². The van der Waals surface area contributed by atoms with E-state index in [1.54, 1.807) is 6.26 Å². The highest BCUT2D eigenvalue weighted by molar-refractivity contribution is 5.76. The van der Waals surface area contributed by atoms with Gasteiger partial charge in [-0.1, -0.05) is 6.92 Å². The molecule has 0 aliphatic carbocycles. The first kappa shape index (κ1) is 14.1. The minimum atomic E-state index is 0.157. The molecule has 4 heteroatoms. The second-order valence-electron chi connectivity index (χ2n) is 5.47. The molecule has 1 aliphatic rings. The first-order chi connectivity index (χ1) is 9.25. The molecule has 0 radical (unpaired) electrons. The molecule has 1 aliphatic heterocycles. The maximum atomic E-state index is 11.9. The van der Waals surface area contributed by atoms with Gasteiger partial charge in [-0.2, -0.15) is 0 Å². The van der Waals surface area contributed by atoms with Gasteiger partial charge >= 0.3 is 0 Å². The fourth-order valence-electron chi connectivity index (χ4n) is 2.68. The summed E-state index contributed by atoms with van der Waals surface area (Å²) >= 11 is 0. The zero-order valence-electron chi connectivity index (χ0n) is 11.7. The molecule has 2 heterocycles. The Kier molecular flexibility index (Phi) is 5.45. The van der Waals surface area contributed by atoms with Crippen LogP contribution in [-0.2, 0) is 11.2 Å². The Bertz CT molecular complexity index is 370. The summed E-state index contributed by atoms with van der Waals surface area (Å²) in [6.07, 6.45) is 5.53. The number of hydrogen-bond donors (Lipinski definition) is 2. The fraction of sp³-hybridized carbons (Fsp3) is 0.667. The lowest BCUT2D eigenvalue weighted by atomic mass is 9.85. The maximum Gasteiger partial charge on any atom is 0.220 e. The third-order valence-electron chi connectivity index (χ3n) is 3.92. The highest BCUT2D eigenvalue weighted by Crippen LogP contribution is 2.22. The molecule has 106 valence electrons. The largest absolute Gasteiger partial charge is 0.469 e. The van der Waals surface area contributed by atoms with Crippen molar-refractivity contribution in [2.45, 2.75) is 32.6 Å². The number of amides is 1. The topological polar surface area (TPSA) is 54.3 Å². The molecule has 1 saturated heterocycles. The molecule has 0 spiro atoms. The molecule has 2 N–H and O–H groups in total. The monoisotopic (exact) mass is 264 g/mol. The van der Waals surface area contributed by atoms with Crippen molar-refractivity contribution in [3.63, 3.8) is 0 Å². The summed E-state index contributed by atoms with van der Waals surface area (Å²) in [6, 6.07) is 3.80. The first-order valence-electron chi connectivity index (χ1n) is 7.25. The van der Waals surface area contributed by atoms with E-state index in [2.05, 4.69) is 17.6 Å². The molecule has 19 heavy (non-hydrogen) atoms. The van der Waals surface area contributed by atoms with E-state index in [4.69, 9.17) is 4.42 Å². The first-order valence-corrected chi connectivity index (χ1v) is 7.25. The van der Waals surface area contributed by atoms with Crippen LogP contribution in [0.1, 0.15) is 31.9 Å². The highest BCUT2D eigenvalue weighted by Gasteiger charge is 2.21. The van der Waals surface area contributed by atoms with Crippen LogP contribution in [0.3, 0.4) is 0 Å². The standard InChI is InChI=1S/C15H24N2O2/c1-12(13-4-2-7-16-11-13)10-15(18)17-8-6-14-5-3-9-19-14/h3,5,9,12-13,16H,2,4,6-8,10-11H2,1H3,(H,17,18). The van der Waals surface area contributed by atoms with Crippen LogP contribution in [0.15, 0.2) is 22.8 Å². The van der Waals surface area contributed by atoms with Crippen molar-refractivity contribution in [3.8, 4) is 0 Å². The molecule has 2 rings (SSSR count). The maximum absolute atomic E-state index is 11.9. The summed E-state index contributed by atoms with van der Waals surface area (Å²) in [5, 5.41) is 6.38. The fourth-order valence-corrected chi connectivity index (χ4v) is 2.68. The van der Waals surface area contributed by atoms with Gasteiger partial charge in [0.1, 0.15) is 5.76 Å². The van der Waals surface area contributed by atoms with Gasteiger partial charge < -0.3 is 15.1 Å². The average molecular weight is 264 g/mol. The Labute approximate surface area is 114 Å². The van der Waals surface area contributed by atoms with Crippen molar-refractivity contribution < 1.29 is 9.21 Å². The number of nitrogens with one attached hydrogen (secondary N) is 2. The van der Waals surface area contributed by atoms with Crippen LogP contribution in [0.2, 0.25) is 0 Å². The molecule has 2 atom stereocenters. The van der Waals surface area contributed by atoms with Crippen LogP contribution in [0.5, 0.6) is 0 Å². The number of hydrogen-bond acceptors (Lipinski definition) is 3. The Hall–Kier alpha value is -1.29. The van der Waals surface area contributed by atoms with Crippen LogP contribution in [0, 0.1) is 11.8 Å². The molecule has 1 aromatic heterocycles. The van der Waals surface area contributed by atoms with Gasteiger partial charge in [0.05, 0.1) is 6.26 Å². The van der Waals surface area contributed by atoms with E-state index in [0.717, 1.165) is 25.3 Å². The Morgan fingerprint density at radius 2 is 2.53 bits per heavy atom. The zero-order chi connectivity index (χ0) is 13.5. The van der Waals surface area contributed by atoms with Crippen molar-refractivity contribution >= 4 is 5.91 Å². The van der Waals surface area contributed by atoms with Gasteiger partial charge in [-0.15, -0.1) is 0 Å². The summed E-state index contributed by atoms with van der Waals surface area (Å²) in [5.41, 5.74) is 0. The van der Waals surface area contributed by atoms with Gasteiger partial charge in [-0.25, -0.2) is 0 Å². The van der Waals surface area contributed by atoms with Gasteiger partial charge in [0.2, 0.25) is 5.91 Å². The van der Waals surface area contributed by atoms with E-state index in [9.17, 15) is 4.79 Å². The molecule has 4 nitrogen and oxygen atoms in total. The van der Waals surface area contributed by atoms with Gasteiger partial charge in [-0.3, -0.25) is 4.79 Å². The van der Waals surface area contributed by atoms with Gasteiger partial charge in [0, 0.05) is 19.4 Å². The van der Waals surface area contributed by atoms with Crippen molar-refractivity contribution in [2.75, 3.05) is 19.6 Å². The Morgan fingerprint density at radius 3 is 3.21 bits per heavy atom. The normalized spacial score (nSPS) is 21.0. The van der Waals surface area contributed by atoms with Crippen LogP contribution < -0.4 is 10.6 Å². The summed E-state index contributed by atoms with van der Waals surface area (Å²) in [6.45, 7) is 5.02. The number of furan rings is 1. The van der Waals surface area contributed by atoms with Crippen molar-refractivity contribution in [1.29, 1.82) is 0 Å². The van der Waals surface area contributed by atoms with E-state index in [-0.39, 0.29) is 5.91 Å². The predicted molar refractivity (Wildman–Crippen MR) is 74.8 cm³/mol. The molecule has 1 fully saturated rings. The van der Waals surface area contributed by atoms with E-state index in [0.29, 0.717) is 24.8 Å². The second kappa shape index (κ2) is 7.34. The van der Waals surface area contributed by atoms with Crippen LogP contribution in [0.4, 0.5) is 0 Å². The quantitative estimate of drug-likeness (QED) is 0.826. The number of rotatable bonds is 6. The van der Waals surface area contributed by atoms with E-state index >= 15 is 0 Å². The van der Waals surface area contributed by atoms with Crippen molar-refractivity contribution in [1.82, 2.24) is 10.6 Å². The number of piperidine rings is 1. The summed E-state index contributed by atoms with van der Waals surface area (Å²) < 4.78 is 5.23. The van der Waals surface area contributed by atoms with Gasteiger partial charge in [-0.05, 0) is 49.9 Å². The van der Waals surface area contributed by atoms with Crippen molar-refractivity contribution in [2.24, 2.45) is 11.8 Å². The summed E-state index contributed by atoms with van der Waals surface area (Å²) in [5.74, 6) is 2.18. The van der Waals surface area contributed by atoms with E-state index in [1.807, 2.05) is 12.1 Å². The minimum Gasteiger partial charge on any atom is -0.469 e. The SMILES string of the molecule is CC(CC(=O)NCCc1ccco1)C1CCCNC1. The lowest BCUT2D eigenvalue weighted by molar-refractivity contribution is -0.122. The number of carbonyl (C=O) groups is 1. The molecule has 0 bridgehead atoms. The molecule has 0 aromatic carbocycles. The van der Waals surface area contributed by atoms with Crippen LogP contribution in [-0.4, -0.2) is 25.5 Å². The predicted octanol–water partition coefficient (Wildman–Crippen LogP) is 1.96. The lowest BCUT2D eigenvalue weighted by Gasteiger charge is -2.28. The Morgan fingerprint density at radius 1 is 1.63 bits per heavy atom. The van der Waals surface area contributed by atoms with Crippen molar-refractivity contribution in [3.05, 3.63) is 24.2 Å². The van der Waals surface area contributed by atoms with Gasteiger partial charge in [0.25, 0.3) is 0 Å². The van der Waals surface area contributed by atoms with Crippen LogP contribution in [0.25, 0.3) is 0 Å². The molecule has 1 aromatic rings. The Balaban J connectivity index is 1.63. The molecular formula is C15H24N2O2. The molecule has 1 amide bonds. The average Bonchev–Trinajstić information content (AvgIpc) is 2.93. The van der Waals surface area contributed by atoms with Crippen LogP contribution >= 0.6 is 0 Å². The summed E-state index contributed by atoms with van der Waals surface area (Å²) in [7, 11) is 0. The third kappa shape index (κ3) is 4.71. The smallest absolute Gasteiger partial charge is 0.220 e. The molecular weight excluding hydrogens is 240 g/mol. The minimum absolute atomic E-state index is 0.157. The summed E-state index contributed by atoms with van der Waals surface area (Å²) in [4.78, 5) is 11.9. The third-order valence-corrected chi connectivity index (χ3v) is 3.92. The second-order valence-corrected chi connectivity index (χ2v) is 5.47. The highest BCUT2D eigenvalue weighted by atomic mass is 16.3. The lowest BCUT2D eigenvalue weighted by Crippen LogP contribution is -2.35. The number of carbonyl (C=O) groups excluding carboxylic acids is 1. The van der Waals surface area contributed by atoms with E-state index < -0.39 is 0 Å². The zero-order valence-corrected chi connectivity index (χ0v) is 11.7. The molecule has 2 unspecified atom stereocenters.